The van der Waals surface area contributed by atoms with Gasteiger partial charge in [0.05, 0.1) is 6.61 Å². The second-order valence-electron chi connectivity index (χ2n) is 11.4. The Balaban J connectivity index is 6.13. The van der Waals surface area contributed by atoms with Crippen molar-refractivity contribution < 1.29 is 119 Å². The molecule has 27 heteroatoms. The number of halogens is 25. The minimum Gasteiger partial charge on any atom is -0.462 e. The molecule has 0 rings (SSSR count). The van der Waals surface area contributed by atoms with Crippen LogP contribution < -0.4 is 0 Å². The van der Waals surface area contributed by atoms with Crippen LogP contribution in [0.2, 0.25) is 0 Å². The van der Waals surface area contributed by atoms with Crippen molar-refractivity contribution in [3.8, 4) is 0 Å². The molecular weight excluding hydrogens is 819 g/mol. The Labute approximate surface area is 281 Å². The van der Waals surface area contributed by atoms with Crippen LogP contribution in [0.4, 0.5) is 110 Å². The Morgan fingerprint density at radius 3 is 0.925 bits per heavy atom. The summed E-state index contributed by atoms with van der Waals surface area (Å²) in [6, 6.07) is 0. The van der Waals surface area contributed by atoms with Crippen molar-refractivity contribution in [2.45, 2.75) is 136 Å². The highest BCUT2D eigenvalue weighted by atomic mass is 19.4. The Hall–Kier alpha value is -2.54. The van der Waals surface area contributed by atoms with E-state index in [0.717, 1.165) is 0 Å². The first-order chi connectivity index (χ1) is 23.1. The number of carbonyl (C=O) groups is 1. The fourth-order valence-electron chi connectivity index (χ4n) is 3.94. The molecule has 0 aromatic heterocycles. The van der Waals surface area contributed by atoms with E-state index in [1.54, 1.807) is 0 Å². The number of alkyl halides is 25. The van der Waals surface area contributed by atoms with E-state index in [4.69, 9.17) is 4.74 Å². The molecule has 0 N–H and O–H groups in total. The van der Waals surface area contributed by atoms with Crippen LogP contribution in [0.1, 0.15) is 64.7 Å². The van der Waals surface area contributed by atoms with E-state index in [1.807, 2.05) is 0 Å². The first-order valence-corrected chi connectivity index (χ1v) is 14.1. The van der Waals surface area contributed by atoms with Crippen molar-refractivity contribution in [1.82, 2.24) is 0 Å². The van der Waals surface area contributed by atoms with Crippen LogP contribution in [0.15, 0.2) is 12.2 Å². The van der Waals surface area contributed by atoms with Crippen molar-refractivity contribution in [3.63, 3.8) is 0 Å². The normalized spacial score (nSPS) is 15.5. The number of carbonyl (C=O) groups excluding carboxylic acids is 1. The fourth-order valence-corrected chi connectivity index (χ4v) is 3.94. The number of ether oxygens (including phenoxy) is 1. The molecule has 0 aliphatic carbocycles. The van der Waals surface area contributed by atoms with E-state index in [9.17, 15) is 115 Å². The molecule has 0 bridgehead atoms. The zero-order valence-electron chi connectivity index (χ0n) is 26.0. The van der Waals surface area contributed by atoms with Gasteiger partial charge < -0.3 is 4.74 Å². The maximum Gasteiger partial charge on any atom is 0.460 e. The maximum absolute atomic E-state index is 14.0. The first-order valence-electron chi connectivity index (χ1n) is 14.1. The lowest BCUT2D eigenvalue weighted by Crippen LogP contribution is -2.78. The molecule has 0 fully saturated rings. The summed E-state index contributed by atoms with van der Waals surface area (Å²) in [5.74, 6) is -98.7. The molecule has 0 saturated heterocycles. The lowest BCUT2D eigenvalue weighted by Gasteiger charge is -2.45. The van der Waals surface area contributed by atoms with Crippen molar-refractivity contribution in [1.29, 1.82) is 0 Å². The molecule has 0 aromatic rings. The van der Waals surface area contributed by atoms with E-state index in [0.29, 0.717) is 19.3 Å². The van der Waals surface area contributed by atoms with Crippen LogP contribution in [0.25, 0.3) is 0 Å². The molecule has 0 radical (unpaired) electrons. The van der Waals surface area contributed by atoms with E-state index in [-0.39, 0.29) is 31.4 Å². The zero-order valence-corrected chi connectivity index (χ0v) is 26.0. The fraction of sp³-hybridized carbons (Fsp3) is 0.885. The Bertz CT molecular complexity index is 1250. The summed E-state index contributed by atoms with van der Waals surface area (Å²) in [4.78, 5) is 11.2. The number of hydrogen-bond acceptors (Lipinski definition) is 2. The lowest BCUT2D eigenvalue weighted by molar-refractivity contribution is -0.482. The van der Waals surface area contributed by atoms with Crippen LogP contribution in [0.5, 0.6) is 0 Å². The molecule has 0 atom stereocenters. The molecule has 316 valence electrons. The SMILES string of the molecule is C=C(C)C(=O)OCCCCCCCCCCC(F)(F)C(F)(F)C(F)(F)C(F)(F)C(F)(F)C(F)(F)C(F)(F)C(F)(F)C(F)(F)C(F)(F)C(F)(F)C(F)(F)F. The van der Waals surface area contributed by atoms with Crippen molar-refractivity contribution in [2.75, 3.05) is 6.61 Å². The van der Waals surface area contributed by atoms with Gasteiger partial charge in [-0.3, -0.25) is 0 Å². The Morgan fingerprint density at radius 2 is 0.642 bits per heavy atom. The first kappa shape index (κ1) is 50.5. The minimum absolute atomic E-state index is 0.0289. The Morgan fingerprint density at radius 1 is 0.396 bits per heavy atom. The van der Waals surface area contributed by atoms with Crippen LogP contribution in [-0.2, 0) is 9.53 Å². The van der Waals surface area contributed by atoms with E-state index >= 15 is 0 Å². The van der Waals surface area contributed by atoms with Gasteiger partial charge in [0.2, 0.25) is 0 Å². The van der Waals surface area contributed by atoms with Crippen LogP contribution >= 0.6 is 0 Å². The molecule has 0 saturated carbocycles. The highest BCUT2D eigenvalue weighted by Gasteiger charge is 2.99. The standard InChI is InChI=1S/C26H25F25O2/c1-13(2)14(52)53-12-10-8-6-4-3-5-7-9-11-15(27,28)16(29,30)17(31,32)18(33,34)19(35,36)20(37,38)21(39,40)22(41,42)23(43,44)24(45,46)25(47,48)26(49,50)51/h1,3-12H2,2H3. The molecule has 2 nitrogen and oxygen atoms in total. The molecule has 0 heterocycles. The third-order valence-corrected chi connectivity index (χ3v) is 7.33. The largest absolute Gasteiger partial charge is 0.462 e. The van der Waals surface area contributed by atoms with E-state index in [1.165, 1.54) is 6.92 Å². The third kappa shape index (κ3) is 8.36. The topological polar surface area (TPSA) is 26.3 Å². The predicted molar refractivity (Wildman–Crippen MR) is 128 cm³/mol. The van der Waals surface area contributed by atoms with Gasteiger partial charge in [-0.25, -0.2) is 4.79 Å². The van der Waals surface area contributed by atoms with Gasteiger partial charge in [0.1, 0.15) is 0 Å². The van der Waals surface area contributed by atoms with Gasteiger partial charge >= 0.3 is 77.3 Å². The summed E-state index contributed by atoms with van der Waals surface area (Å²) in [5, 5.41) is 0. The zero-order chi connectivity index (χ0) is 42.9. The molecular formula is C26H25F25O2. The van der Waals surface area contributed by atoms with Crippen LogP contribution in [-0.4, -0.2) is 83.9 Å². The summed E-state index contributed by atoms with van der Waals surface area (Å²) in [6.07, 6.45) is -11.6. The van der Waals surface area contributed by atoms with E-state index < -0.39 is 96.6 Å². The van der Waals surface area contributed by atoms with Crippen LogP contribution in [0.3, 0.4) is 0 Å². The molecule has 0 amide bonds. The van der Waals surface area contributed by atoms with Gasteiger partial charge in [-0.15, -0.1) is 0 Å². The molecule has 0 spiro atoms. The average Bonchev–Trinajstić information content (AvgIpc) is 2.97. The van der Waals surface area contributed by atoms with Gasteiger partial charge in [0.25, 0.3) is 0 Å². The van der Waals surface area contributed by atoms with Gasteiger partial charge in [-0.1, -0.05) is 45.1 Å². The smallest absolute Gasteiger partial charge is 0.460 e. The molecule has 0 aromatic carbocycles. The molecule has 0 aliphatic rings. The number of esters is 1. The van der Waals surface area contributed by atoms with Crippen molar-refractivity contribution >= 4 is 5.97 Å². The van der Waals surface area contributed by atoms with Gasteiger partial charge in [0.15, 0.2) is 0 Å². The third-order valence-electron chi connectivity index (χ3n) is 7.33. The second-order valence-corrected chi connectivity index (χ2v) is 11.4. The van der Waals surface area contributed by atoms with Crippen molar-refractivity contribution in [2.24, 2.45) is 0 Å². The maximum atomic E-state index is 14.0. The van der Waals surface area contributed by atoms with E-state index in [2.05, 4.69) is 6.58 Å². The molecule has 53 heavy (non-hydrogen) atoms. The molecule has 0 aliphatic heterocycles. The summed E-state index contributed by atoms with van der Waals surface area (Å²) in [5.41, 5.74) is 0.0985. The van der Waals surface area contributed by atoms with Crippen molar-refractivity contribution in [3.05, 3.63) is 12.2 Å². The highest BCUT2D eigenvalue weighted by molar-refractivity contribution is 5.86. The summed E-state index contributed by atoms with van der Waals surface area (Å²) >= 11 is 0. The van der Waals surface area contributed by atoms with Gasteiger partial charge in [0, 0.05) is 12.0 Å². The number of unbranched alkanes of at least 4 members (excludes halogenated alkanes) is 7. The lowest BCUT2D eigenvalue weighted by atomic mass is 9.84. The molecule has 0 unspecified atom stereocenters. The predicted octanol–water partition coefficient (Wildman–Crippen LogP) is 12.2. The average molecular weight is 844 g/mol. The highest BCUT2D eigenvalue weighted by Crippen LogP contribution is 2.68. The monoisotopic (exact) mass is 844 g/mol. The number of rotatable bonds is 22. The summed E-state index contributed by atoms with van der Waals surface area (Å²) < 4.78 is 343. The summed E-state index contributed by atoms with van der Waals surface area (Å²) in [6.45, 7) is 4.63. The van der Waals surface area contributed by atoms with Gasteiger partial charge in [-0.05, 0) is 19.8 Å². The van der Waals surface area contributed by atoms with Crippen LogP contribution in [0, 0.1) is 0 Å². The summed E-state index contributed by atoms with van der Waals surface area (Å²) in [7, 11) is 0. The minimum atomic E-state index is -9.59. The number of hydrogen-bond donors (Lipinski definition) is 0. The second kappa shape index (κ2) is 15.5. The van der Waals surface area contributed by atoms with Gasteiger partial charge in [-0.2, -0.15) is 110 Å². The Kier molecular flexibility index (Phi) is 14.8. The quantitative estimate of drug-likeness (QED) is 0.0470.